The molecular weight excluding hydrogens is 453 g/mol. The first-order valence-electron chi connectivity index (χ1n) is 8.41. The van der Waals surface area contributed by atoms with E-state index >= 15 is 0 Å². The second-order valence-electron chi connectivity index (χ2n) is 6.15. The number of aliphatic imine (C=N–C) groups is 1. The van der Waals surface area contributed by atoms with E-state index in [1.165, 1.54) is 12.8 Å². The van der Waals surface area contributed by atoms with Crippen molar-refractivity contribution in [2.24, 2.45) is 10.9 Å². The van der Waals surface area contributed by atoms with E-state index in [1.807, 2.05) is 31.3 Å². The Kier molecular flexibility index (Phi) is 10.7. The second kappa shape index (κ2) is 11.9. The topological polar surface area (TPSA) is 46.1 Å². The van der Waals surface area contributed by atoms with Gasteiger partial charge in [-0.05, 0) is 36.5 Å². The first-order chi connectivity index (χ1) is 11.6. The van der Waals surface area contributed by atoms with E-state index in [1.54, 1.807) is 14.2 Å². The number of rotatable bonds is 9. The van der Waals surface area contributed by atoms with Crippen molar-refractivity contribution in [1.29, 1.82) is 0 Å². The Balaban J connectivity index is 0.00000312. The molecule has 0 amide bonds. The summed E-state index contributed by atoms with van der Waals surface area (Å²) in [4.78, 5) is 6.39. The van der Waals surface area contributed by atoms with Gasteiger partial charge in [-0.15, -0.1) is 24.0 Å². The van der Waals surface area contributed by atoms with Gasteiger partial charge in [0.25, 0.3) is 0 Å². The molecule has 25 heavy (non-hydrogen) atoms. The molecule has 1 aliphatic rings. The lowest BCUT2D eigenvalue weighted by Gasteiger charge is -2.24. The Morgan fingerprint density at radius 1 is 1.44 bits per heavy atom. The van der Waals surface area contributed by atoms with Crippen molar-refractivity contribution < 1.29 is 9.47 Å². The van der Waals surface area contributed by atoms with Crippen LogP contribution < -0.4 is 5.32 Å². The van der Waals surface area contributed by atoms with Crippen molar-refractivity contribution in [2.75, 3.05) is 47.5 Å². The van der Waals surface area contributed by atoms with Gasteiger partial charge in [0.05, 0.1) is 12.7 Å². The minimum Gasteiger partial charge on any atom is -0.379 e. The molecule has 0 spiro atoms. The van der Waals surface area contributed by atoms with E-state index in [0.29, 0.717) is 11.6 Å². The summed E-state index contributed by atoms with van der Waals surface area (Å²) in [6.07, 6.45) is 2.56. The summed E-state index contributed by atoms with van der Waals surface area (Å²) in [6.45, 7) is 3.04. The summed E-state index contributed by atoms with van der Waals surface area (Å²) in [5.74, 6) is 1.63. The number of guanidine groups is 1. The molecule has 2 rings (SSSR count). The molecule has 0 radical (unpaired) electrons. The molecule has 1 fully saturated rings. The van der Waals surface area contributed by atoms with Crippen LogP contribution >= 0.6 is 35.6 Å². The third kappa shape index (κ3) is 8.11. The Morgan fingerprint density at radius 2 is 2.20 bits per heavy atom. The molecule has 0 saturated heterocycles. The van der Waals surface area contributed by atoms with Gasteiger partial charge >= 0.3 is 0 Å². The number of halogens is 2. The lowest BCUT2D eigenvalue weighted by molar-refractivity contribution is 0.104. The zero-order valence-corrected chi connectivity index (χ0v) is 18.3. The molecule has 1 saturated carbocycles. The first-order valence-corrected chi connectivity index (χ1v) is 8.79. The molecule has 0 bridgehead atoms. The van der Waals surface area contributed by atoms with Crippen LogP contribution in [-0.4, -0.2) is 58.4 Å². The molecule has 1 aliphatic carbocycles. The number of ether oxygens (including phenoxy) is 2. The summed E-state index contributed by atoms with van der Waals surface area (Å²) >= 11 is 6.06. The highest BCUT2D eigenvalue weighted by molar-refractivity contribution is 14.0. The van der Waals surface area contributed by atoms with Gasteiger partial charge in [0, 0.05) is 45.9 Å². The van der Waals surface area contributed by atoms with Crippen LogP contribution in [0.1, 0.15) is 24.5 Å². The maximum atomic E-state index is 6.06. The van der Waals surface area contributed by atoms with Crippen LogP contribution in [0.3, 0.4) is 0 Å². The van der Waals surface area contributed by atoms with Gasteiger partial charge in [-0.25, -0.2) is 0 Å². The zero-order chi connectivity index (χ0) is 17.4. The summed E-state index contributed by atoms with van der Waals surface area (Å²) in [5, 5.41) is 4.06. The number of benzene rings is 1. The molecule has 7 heteroatoms. The highest BCUT2D eigenvalue weighted by atomic mass is 127. The molecule has 0 aromatic heterocycles. The van der Waals surface area contributed by atoms with Crippen LogP contribution in [0.5, 0.6) is 0 Å². The van der Waals surface area contributed by atoms with Gasteiger partial charge in [-0.1, -0.05) is 23.7 Å². The van der Waals surface area contributed by atoms with Crippen molar-refractivity contribution in [2.45, 2.75) is 18.9 Å². The lowest BCUT2D eigenvalue weighted by Crippen LogP contribution is -2.42. The van der Waals surface area contributed by atoms with Gasteiger partial charge in [0.15, 0.2) is 5.96 Å². The Morgan fingerprint density at radius 3 is 2.80 bits per heavy atom. The quantitative estimate of drug-likeness (QED) is 0.253. The Labute approximate surface area is 173 Å². The standard InChI is InChI=1S/C18H28ClN3O2.HI/c1-20-18(22(2)9-10-24-13-14-7-8-14)21-12-17(23-3)15-5-4-6-16(19)11-15;/h4-6,11,14,17H,7-10,12-13H2,1-3H3,(H,20,21);1H. The van der Waals surface area contributed by atoms with E-state index in [-0.39, 0.29) is 30.1 Å². The summed E-state index contributed by atoms with van der Waals surface area (Å²) in [6, 6.07) is 7.73. The van der Waals surface area contributed by atoms with Crippen molar-refractivity contribution in [3.63, 3.8) is 0 Å². The Hall–Kier alpha value is -0.570. The molecule has 1 atom stereocenters. The molecule has 0 heterocycles. The summed E-state index contributed by atoms with van der Waals surface area (Å²) in [7, 11) is 5.49. The average molecular weight is 482 g/mol. The number of likely N-dealkylation sites (N-methyl/N-ethyl adjacent to an activating group) is 1. The molecule has 5 nitrogen and oxygen atoms in total. The van der Waals surface area contributed by atoms with E-state index in [0.717, 1.165) is 37.2 Å². The van der Waals surface area contributed by atoms with Gasteiger partial charge < -0.3 is 19.7 Å². The van der Waals surface area contributed by atoms with Crippen LogP contribution in [0.15, 0.2) is 29.3 Å². The molecular formula is C18H29ClIN3O2. The fraction of sp³-hybridized carbons (Fsp3) is 0.611. The molecule has 1 aromatic carbocycles. The predicted molar refractivity (Wildman–Crippen MR) is 114 cm³/mol. The SMILES string of the molecule is CN=C(NCC(OC)c1cccc(Cl)c1)N(C)CCOCC1CC1.I. The van der Waals surface area contributed by atoms with E-state index in [9.17, 15) is 0 Å². The van der Waals surface area contributed by atoms with Crippen molar-refractivity contribution >= 4 is 41.5 Å². The smallest absolute Gasteiger partial charge is 0.193 e. The maximum Gasteiger partial charge on any atom is 0.193 e. The molecule has 1 unspecified atom stereocenters. The normalized spacial score (nSPS) is 15.4. The van der Waals surface area contributed by atoms with E-state index in [2.05, 4.69) is 15.2 Å². The average Bonchev–Trinajstić information content (AvgIpc) is 3.40. The van der Waals surface area contributed by atoms with Crippen LogP contribution in [0.4, 0.5) is 0 Å². The van der Waals surface area contributed by atoms with Gasteiger partial charge in [-0.2, -0.15) is 0 Å². The molecule has 1 N–H and O–H groups in total. The Bertz CT molecular complexity index is 541. The van der Waals surface area contributed by atoms with Gasteiger partial charge in [-0.3, -0.25) is 4.99 Å². The minimum atomic E-state index is -0.0834. The fourth-order valence-corrected chi connectivity index (χ4v) is 2.65. The number of hydrogen-bond acceptors (Lipinski definition) is 3. The van der Waals surface area contributed by atoms with E-state index in [4.69, 9.17) is 21.1 Å². The number of nitrogens with one attached hydrogen (secondary N) is 1. The monoisotopic (exact) mass is 481 g/mol. The van der Waals surface area contributed by atoms with Crippen LogP contribution in [-0.2, 0) is 9.47 Å². The highest BCUT2D eigenvalue weighted by Gasteiger charge is 2.21. The number of hydrogen-bond donors (Lipinski definition) is 1. The minimum absolute atomic E-state index is 0. The van der Waals surface area contributed by atoms with Gasteiger partial charge in [0.1, 0.15) is 0 Å². The number of nitrogens with zero attached hydrogens (tertiary/aromatic N) is 2. The van der Waals surface area contributed by atoms with Crippen molar-refractivity contribution in [3.05, 3.63) is 34.9 Å². The fourth-order valence-electron chi connectivity index (χ4n) is 2.45. The summed E-state index contributed by atoms with van der Waals surface area (Å²) in [5.41, 5.74) is 1.04. The van der Waals surface area contributed by atoms with Crippen LogP contribution in [0, 0.1) is 5.92 Å². The second-order valence-corrected chi connectivity index (χ2v) is 6.58. The maximum absolute atomic E-state index is 6.06. The molecule has 1 aromatic rings. The predicted octanol–water partition coefficient (Wildman–Crippen LogP) is 3.58. The van der Waals surface area contributed by atoms with Crippen LogP contribution in [0.2, 0.25) is 5.02 Å². The van der Waals surface area contributed by atoms with Crippen LogP contribution in [0.25, 0.3) is 0 Å². The number of methoxy groups -OCH3 is 1. The third-order valence-electron chi connectivity index (χ3n) is 4.15. The lowest BCUT2D eigenvalue weighted by atomic mass is 10.1. The first kappa shape index (κ1) is 22.5. The third-order valence-corrected chi connectivity index (χ3v) is 4.38. The summed E-state index contributed by atoms with van der Waals surface area (Å²) < 4.78 is 11.3. The highest BCUT2D eigenvalue weighted by Crippen LogP contribution is 2.28. The zero-order valence-electron chi connectivity index (χ0n) is 15.2. The molecule has 142 valence electrons. The molecule has 0 aliphatic heterocycles. The van der Waals surface area contributed by atoms with Crippen molar-refractivity contribution in [3.8, 4) is 0 Å². The van der Waals surface area contributed by atoms with E-state index < -0.39 is 0 Å². The van der Waals surface area contributed by atoms with Gasteiger partial charge in [0.2, 0.25) is 0 Å². The largest absolute Gasteiger partial charge is 0.379 e. The van der Waals surface area contributed by atoms with Crippen molar-refractivity contribution in [1.82, 2.24) is 10.2 Å².